The van der Waals surface area contributed by atoms with E-state index < -0.39 is 15.8 Å². The summed E-state index contributed by atoms with van der Waals surface area (Å²) >= 11 is 0. The van der Waals surface area contributed by atoms with E-state index in [-0.39, 0.29) is 6.54 Å². The van der Waals surface area contributed by atoms with Crippen LogP contribution in [0.2, 0.25) is 0 Å². The fraction of sp³-hybridized carbons (Fsp3) is 1.00. The van der Waals surface area contributed by atoms with Crippen LogP contribution in [0.5, 0.6) is 0 Å². The van der Waals surface area contributed by atoms with Crippen LogP contribution < -0.4 is 9.44 Å². The van der Waals surface area contributed by atoms with Crippen molar-refractivity contribution in [3.05, 3.63) is 0 Å². The molecule has 0 spiro atoms. The fourth-order valence-corrected chi connectivity index (χ4v) is 2.34. The third-order valence-corrected chi connectivity index (χ3v) is 3.54. The topological polar surface area (TPSA) is 87.7 Å². The molecule has 0 aromatic carbocycles. The van der Waals surface area contributed by atoms with Crippen LogP contribution in [-0.2, 0) is 14.9 Å². The predicted molar refractivity (Wildman–Crippen MR) is 55.6 cm³/mol. The lowest BCUT2D eigenvalue weighted by Crippen LogP contribution is -2.49. The van der Waals surface area contributed by atoms with Crippen molar-refractivity contribution < 1.29 is 18.3 Å². The van der Waals surface area contributed by atoms with Crippen molar-refractivity contribution in [2.24, 2.45) is 0 Å². The summed E-state index contributed by atoms with van der Waals surface area (Å²) in [6.45, 7) is 3.00. The van der Waals surface area contributed by atoms with Crippen molar-refractivity contribution in [1.82, 2.24) is 9.44 Å². The van der Waals surface area contributed by atoms with Gasteiger partial charge in [0.25, 0.3) is 10.2 Å². The number of rotatable bonds is 5. The summed E-state index contributed by atoms with van der Waals surface area (Å²) in [5.74, 6) is 0. The van der Waals surface area contributed by atoms with E-state index in [9.17, 15) is 13.5 Å². The van der Waals surface area contributed by atoms with E-state index in [1.54, 1.807) is 6.92 Å². The van der Waals surface area contributed by atoms with Crippen LogP contribution in [0.15, 0.2) is 0 Å². The van der Waals surface area contributed by atoms with E-state index in [2.05, 4.69) is 9.44 Å². The van der Waals surface area contributed by atoms with Crippen LogP contribution in [0, 0.1) is 0 Å². The first kappa shape index (κ1) is 12.9. The predicted octanol–water partition coefficient (Wildman–Crippen LogP) is -1.03. The smallest absolute Gasteiger partial charge is 0.276 e. The average molecular weight is 238 g/mol. The van der Waals surface area contributed by atoms with Crippen LogP contribution in [-0.4, -0.2) is 45.4 Å². The van der Waals surface area contributed by atoms with Crippen molar-refractivity contribution in [1.29, 1.82) is 0 Å². The van der Waals surface area contributed by atoms with Gasteiger partial charge in [-0.15, -0.1) is 0 Å². The normalized spacial score (nSPS) is 21.5. The fourth-order valence-electron chi connectivity index (χ4n) is 1.40. The number of ether oxygens (including phenoxy) is 1. The van der Waals surface area contributed by atoms with Gasteiger partial charge in [-0.1, -0.05) is 6.92 Å². The van der Waals surface area contributed by atoms with Gasteiger partial charge in [-0.2, -0.15) is 13.1 Å². The van der Waals surface area contributed by atoms with Crippen molar-refractivity contribution in [2.75, 3.05) is 26.3 Å². The molecule has 1 rings (SSSR count). The van der Waals surface area contributed by atoms with Gasteiger partial charge in [-0.05, 0) is 0 Å². The average Bonchev–Trinajstić information content (AvgIpc) is 2.17. The highest BCUT2D eigenvalue weighted by atomic mass is 32.2. The number of hydrogen-bond acceptors (Lipinski definition) is 4. The summed E-state index contributed by atoms with van der Waals surface area (Å²) in [5.41, 5.74) is -0.971. The van der Waals surface area contributed by atoms with Crippen LogP contribution >= 0.6 is 0 Å². The Morgan fingerprint density at radius 1 is 1.33 bits per heavy atom. The standard InChI is InChI=1S/C8H18N2O4S/c1-2-9-15(12,13)10-7-8(11)3-5-14-6-4-8/h9-11H,2-7H2,1H3. The maximum atomic E-state index is 11.3. The summed E-state index contributed by atoms with van der Waals surface area (Å²) in [5, 5.41) is 9.97. The molecule has 0 amide bonds. The third-order valence-electron chi connectivity index (χ3n) is 2.35. The van der Waals surface area contributed by atoms with Crippen LogP contribution in [0.3, 0.4) is 0 Å². The molecule has 90 valence electrons. The molecule has 1 aliphatic heterocycles. The Morgan fingerprint density at radius 3 is 2.47 bits per heavy atom. The van der Waals surface area contributed by atoms with E-state index in [1.807, 2.05) is 0 Å². The molecule has 0 aromatic rings. The van der Waals surface area contributed by atoms with Gasteiger partial charge in [0.1, 0.15) is 0 Å². The first-order chi connectivity index (χ1) is 6.97. The van der Waals surface area contributed by atoms with Gasteiger partial charge >= 0.3 is 0 Å². The molecule has 0 unspecified atom stereocenters. The van der Waals surface area contributed by atoms with E-state index in [0.29, 0.717) is 32.6 Å². The van der Waals surface area contributed by atoms with Crippen molar-refractivity contribution in [3.8, 4) is 0 Å². The Labute approximate surface area is 90.2 Å². The zero-order chi connectivity index (χ0) is 11.4. The minimum absolute atomic E-state index is 0.0334. The summed E-state index contributed by atoms with van der Waals surface area (Å²) in [4.78, 5) is 0. The molecule has 3 N–H and O–H groups in total. The quantitative estimate of drug-likeness (QED) is 0.571. The molecule has 0 atom stereocenters. The zero-order valence-electron chi connectivity index (χ0n) is 8.82. The molecule has 0 bridgehead atoms. The van der Waals surface area contributed by atoms with Gasteiger partial charge in [0, 0.05) is 39.1 Å². The summed E-state index contributed by atoms with van der Waals surface area (Å²) in [7, 11) is -3.47. The monoisotopic (exact) mass is 238 g/mol. The maximum absolute atomic E-state index is 11.3. The minimum Gasteiger partial charge on any atom is -0.388 e. The first-order valence-electron chi connectivity index (χ1n) is 5.02. The molecule has 1 saturated heterocycles. The van der Waals surface area contributed by atoms with Gasteiger partial charge in [-0.25, -0.2) is 4.72 Å². The van der Waals surface area contributed by atoms with E-state index >= 15 is 0 Å². The van der Waals surface area contributed by atoms with Gasteiger partial charge in [0.2, 0.25) is 0 Å². The molecule has 15 heavy (non-hydrogen) atoms. The molecule has 1 aliphatic rings. The van der Waals surface area contributed by atoms with E-state index in [1.165, 1.54) is 0 Å². The Morgan fingerprint density at radius 2 is 1.93 bits per heavy atom. The molecule has 7 heteroatoms. The molecular weight excluding hydrogens is 220 g/mol. The second-order valence-electron chi connectivity index (χ2n) is 3.66. The van der Waals surface area contributed by atoms with Crippen LogP contribution in [0.1, 0.15) is 19.8 Å². The van der Waals surface area contributed by atoms with Crippen molar-refractivity contribution >= 4 is 10.2 Å². The Balaban J connectivity index is 2.41. The molecule has 1 fully saturated rings. The lowest BCUT2D eigenvalue weighted by molar-refractivity contribution is -0.0589. The first-order valence-corrected chi connectivity index (χ1v) is 6.50. The molecule has 1 heterocycles. The van der Waals surface area contributed by atoms with E-state index in [0.717, 1.165) is 0 Å². The van der Waals surface area contributed by atoms with Crippen molar-refractivity contribution in [2.45, 2.75) is 25.4 Å². The van der Waals surface area contributed by atoms with Gasteiger partial charge in [0.15, 0.2) is 0 Å². The summed E-state index contributed by atoms with van der Waals surface area (Å²) < 4.78 is 32.2. The maximum Gasteiger partial charge on any atom is 0.276 e. The Hall–Kier alpha value is -0.210. The SMILES string of the molecule is CCNS(=O)(=O)NCC1(O)CCOCC1. The molecule has 0 aromatic heterocycles. The largest absolute Gasteiger partial charge is 0.388 e. The molecule has 0 saturated carbocycles. The Bertz CT molecular complexity index is 285. The van der Waals surface area contributed by atoms with Gasteiger partial charge in [-0.3, -0.25) is 0 Å². The number of nitrogens with one attached hydrogen (secondary N) is 2. The van der Waals surface area contributed by atoms with E-state index in [4.69, 9.17) is 4.74 Å². The van der Waals surface area contributed by atoms with Gasteiger partial charge < -0.3 is 9.84 Å². The highest BCUT2D eigenvalue weighted by Crippen LogP contribution is 2.19. The number of aliphatic hydroxyl groups is 1. The van der Waals surface area contributed by atoms with Crippen LogP contribution in [0.4, 0.5) is 0 Å². The minimum atomic E-state index is -3.47. The van der Waals surface area contributed by atoms with Gasteiger partial charge in [0.05, 0.1) is 5.60 Å². The third kappa shape index (κ3) is 4.43. The highest BCUT2D eigenvalue weighted by Gasteiger charge is 2.30. The zero-order valence-corrected chi connectivity index (χ0v) is 9.64. The molecular formula is C8H18N2O4S. The number of hydrogen-bond donors (Lipinski definition) is 3. The highest BCUT2D eigenvalue weighted by molar-refractivity contribution is 7.87. The lowest BCUT2D eigenvalue weighted by atomic mass is 9.95. The molecule has 0 radical (unpaired) electrons. The van der Waals surface area contributed by atoms with Crippen LogP contribution in [0.25, 0.3) is 0 Å². The Kier molecular flexibility index (Phi) is 4.47. The molecule has 6 nitrogen and oxygen atoms in total. The van der Waals surface area contributed by atoms with Crippen molar-refractivity contribution in [3.63, 3.8) is 0 Å². The second-order valence-corrected chi connectivity index (χ2v) is 5.24. The molecule has 0 aliphatic carbocycles. The second kappa shape index (κ2) is 5.22. The summed E-state index contributed by atoms with van der Waals surface area (Å²) in [6.07, 6.45) is 0.920. The summed E-state index contributed by atoms with van der Waals surface area (Å²) in [6, 6.07) is 0. The lowest BCUT2D eigenvalue weighted by Gasteiger charge is -2.31.